The van der Waals surface area contributed by atoms with Crippen LogP contribution in [0.4, 0.5) is 4.39 Å². The molecule has 0 bridgehead atoms. The van der Waals surface area contributed by atoms with Gasteiger partial charge in [0.2, 0.25) is 0 Å². The Hall–Kier alpha value is -1.94. The largest absolute Gasteiger partial charge is 0.233 e. The molecule has 4 heteroatoms. The zero-order valence-electron chi connectivity index (χ0n) is 10.6. The van der Waals surface area contributed by atoms with Crippen LogP contribution in [0.15, 0.2) is 60.8 Å². The van der Waals surface area contributed by atoms with Crippen LogP contribution in [-0.2, 0) is 5.33 Å². The van der Waals surface area contributed by atoms with Crippen LogP contribution in [0.5, 0.6) is 0 Å². The van der Waals surface area contributed by atoms with Gasteiger partial charge in [0.05, 0.1) is 17.6 Å². The zero-order valence-corrected chi connectivity index (χ0v) is 12.2. The van der Waals surface area contributed by atoms with Gasteiger partial charge >= 0.3 is 0 Å². The van der Waals surface area contributed by atoms with Crippen molar-refractivity contribution in [2.24, 2.45) is 0 Å². The molecule has 100 valence electrons. The maximum atomic E-state index is 13.1. The number of alkyl halides is 1. The lowest BCUT2D eigenvalue weighted by molar-refractivity contribution is 0.627. The molecule has 0 fully saturated rings. The van der Waals surface area contributed by atoms with E-state index in [9.17, 15) is 4.39 Å². The Morgan fingerprint density at radius 3 is 2.35 bits per heavy atom. The van der Waals surface area contributed by atoms with E-state index in [4.69, 9.17) is 0 Å². The molecule has 0 saturated heterocycles. The van der Waals surface area contributed by atoms with E-state index < -0.39 is 0 Å². The third kappa shape index (κ3) is 2.39. The molecule has 1 heterocycles. The Kier molecular flexibility index (Phi) is 3.65. The smallest absolute Gasteiger partial charge is 0.123 e. The second-order valence-corrected chi connectivity index (χ2v) is 4.97. The van der Waals surface area contributed by atoms with Gasteiger partial charge in [0.25, 0.3) is 0 Å². The highest BCUT2D eigenvalue weighted by atomic mass is 79.9. The number of hydrogen-bond donors (Lipinski definition) is 0. The molecule has 0 spiro atoms. The molecule has 1 aromatic heterocycles. The van der Waals surface area contributed by atoms with Crippen molar-refractivity contribution >= 4 is 15.9 Å². The minimum Gasteiger partial charge on any atom is -0.233 e. The van der Waals surface area contributed by atoms with Crippen LogP contribution in [0.3, 0.4) is 0 Å². The van der Waals surface area contributed by atoms with Gasteiger partial charge in [-0.05, 0) is 24.3 Å². The summed E-state index contributed by atoms with van der Waals surface area (Å²) >= 11 is 3.49. The van der Waals surface area contributed by atoms with Gasteiger partial charge in [0, 0.05) is 16.5 Å². The summed E-state index contributed by atoms with van der Waals surface area (Å²) in [7, 11) is 0. The van der Waals surface area contributed by atoms with Gasteiger partial charge in [0.15, 0.2) is 0 Å². The van der Waals surface area contributed by atoms with E-state index in [0.29, 0.717) is 0 Å². The first-order valence-electron chi connectivity index (χ1n) is 6.24. The van der Waals surface area contributed by atoms with Gasteiger partial charge in [-0.25, -0.2) is 9.07 Å². The molecule has 0 amide bonds. The fourth-order valence-electron chi connectivity index (χ4n) is 2.16. The Bertz CT molecular complexity index is 705. The normalized spacial score (nSPS) is 10.7. The Labute approximate surface area is 125 Å². The lowest BCUT2D eigenvalue weighted by Crippen LogP contribution is -1.99. The molecule has 0 unspecified atom stereocenters. The van der Waals surface area contributed by atoms with Crippen molar-refractivity contribution in [3.8, 4) is 16.9 Å². The molecule has 0 aliphatic heterocycles. The van der Waals surface area contributed by atoms with E-state index in [1.54, 1.807) is 12.1 Å². The van der Waals surface area contributed by atoms with Crippen LogP contribution in [0, 0.1) is 5.82 Å². The molecule has 2 aromatic carbocycles. The fraction of sp³-hybridized carbons (Fsp3) is 0.0625. The monoisotopic (exact) mass is 330 g/mol. The van der Waals surface area contributed by atoms with E-state index in [1.165, 1.54) is 12.1 Å². The molecular weight excluding hydrogens is 319 g/mol. The number of hydrogen-bond acceptors (Lipinski definition) is 1. The van der Waals surface area contributed by atoms with Crippen molar-refractivity contribution in [2.45, 2.75) is 5.33 Å². The number of aromatic nitrogens is 2. The number of nitrogens with zero attached hydrogens (tertiary/aromatic N) is 2. The van der Waals surface area contributed by atoms with Crippen LogP contribution < -0.4 is 0 Å². The highest BCUT2D eigenvalue weighted by molar-refractivity contribution is 9.08. The van der Waals surface area contributed by atoms with E-state index >= 15 is 0 Å². The lowest BCUT2D eigenvalue weighted by Gasteiger charge is -2.09. The first kappa shape index (κ1) is 13.1. The number of rotatable bonds is 3. The zero-order chi connectivity index (χ0) is 13.9. The number of benzene rings is 2. The van der Waals surface area contributed by atoms with E-state index in [2.05, 4.69) is 21.0 Å². The minimum absolute atomic E-state index is 0.247. The fourth-order valence-corrected chi connectivity index (χ4v) is 2.57. The molecule has 0 saturated carbocycles. The predicted molar refractivity (Wildman–Crippen MR) is 81.6 cm³/mol. The molecule has 2 nitrogen and oxygen atoms in total. The van der Waals surface area contributed by atoms with E-state index in [0.717, 1.165) is 27.8 Å². The lowest BCUT2D eigenvalue weighted by atomic mass is 10.1. The second-order valence-electron chi connectivity index (χ2n) is 4.41. The van der Waals surface area contributed by atoms with Crippen LogP contribution in [0.2, 0.25) is 0 Å². The molecule has 0 aliphatic rings. The second kappa shape index (κ2) is 5.59. The molecule has 3 rings (SSSR count). The summed E-state index contributed by atoms with van der Waals surface area (Å²) < 4.78 is 14.9. The van der Waals surface area contributed by atoms with Crippen LogP contribution in [0.1, 0.15) is 5.56 Å². The molecule has 0 aliphatic carbocycles. The molecule has 0 N–H and O–H groups in total. The number of halogens is 2. The Balaban J connectivity index is 2.17. The maximum absolute atomic E-state index is 13.1. The Morgan fingerprint density at radius 2 is 1.70 bits per heavy atom. The van der Waals surface area contributed by atoms with Crippen molar-refractivity contribution in [1.29, 1.82) is 0 Å². The maximum Gasteiger partial charge on any atom is 0.123 e. The first-order chi connectivity index (χ1) is 9.79. The topological polar surface area (TPSA) is 17.8 Å². The summed E-state index contributed by atoms with van der Waals surface area (Å²) in [5.74, 6) is -0.247. The quantitative estimate of drug-likeness (QED) is 0.643. The molecule has 3 aromatic rings. The van der Waals surface area contributed by atoms with E-state index in [1.807, 2.05) is 41.2 Å². The Morgan fingerprint density at radius 1 is 1.00 bits per heavy atom. The van der Waals surface area contributed by atoms with Crippen LogP contribution in [0.25, 0.3) is 16.9 Å². The van der Waals surface area contributed by atoms with Crippen molar-refractivity contribution in [1.82, 2.24) is 9.78 Å². The third-order valence-corrected chi connectivity index (χ3v) is 3.71. The summed E-state index contributed by atoms with van der Waals surface area (Å²) in [6.07, 6.45) is 1.83. The van der Waals surface area contributed by atoms with Gasteiger partial charge in [-0.3, -0.25) is 0 Å². The summed E-state index contributed by atoms with van der Waals surface area (Å²) in [6, 6.07) is 16.4. The van der Waals surface area contributed by atoms with E-state index in [-0.39, 0.29) is 5.82 Å². The SMILES string of the molecule is Fc1ccc(-n2ncc(CBr)c2-c2ccccc2)cc1. The highest BCUT2D eigenvalue weighted by Crippen LogP contribution is 2.27. The molecular formula is C16H12BrFN2. The first-order valence-corrected chi connectivity index (χ1v) is 7.36. The van der Waals surface area contributed by atoms with Crippen molar-refractivity contribution in [3.05, 3.63) is 72.2 Å². The van der Waals surface area contributed by atoms with Gasteiger partial charge in [-0.1, -0.05) is 46.3 Å². The van der Waals surface area contributed by atoms with Crippen molar-refractivity contribution in [2.75, 3.05) is 0 Å². The van der Waals surface area contributed by atoms with Gasteiger partial charge in [0.1, 0.15) is 5.82 Å². The average molecular weight is 331 g/mol. The summed E-state index contributed by atoms with van der Waals surface area (Å²) in [5, 5.41) is 5.15. The summed E-state index contributed by atoms with van der Waals surface area (Å²) in [6.45, 7) is 0. The predicted octanol–water partition coefficient (Wildman–Crippen LogP) is 4.57. The highest BCUT2D eigenvalue weighted by Gasteiger charge is 2.13. The minimum atomic E-state index is -0.247. The standard InChI is InChI=1S/C16H12BrFN2/c17-10-13-11-19-20(15-8-6-14(18)7-9-15)16(13)12-4-2-1-3-5-12/h1-9,11H,10H2. The molecule has 20 heavy (non-hydrogen) atoms. The summed E-state index contributed by atoms with van der Waals surface area (Å²) in [5.41, 5.74) is 4.05. The van der Waals surface area contributed by atoms with Gasteiger partial charge in [-0.15, -0.1) is 0 Å². The molecule has 0 atom stereocenters. The van der Waals surface area contributed by atoms with Crippen molar-refractivity contribution < 1.29 is 4.39 Å². The van der Waals surface area contributed by atoms with Gasteiger partial charge < -0.3 is 0 Å². The molecule has 0 radical (unpaired) electrons. The van der Waals surface area contributed by atoms with Crippen molar-refractivity contribution in [3.63, 3.8) is 0 Å². The van der Waals surface area contributed by atoms with Gasteiger partial charge in [-0.2, -0.15) is 5.10 Å². The summed E-state index contributed by atoms with van der Waals surface area (Å²) in [4.78, 5) is 0. The average Bonchev–Trinajstić information content (AvgIpc) is 2.93. The van der Waals surface area contributed by atoms with Crippen LogP contribution in [-0.4, -0.2) is 9.78 Å². The third-order valence-electron chi connectivity index (χ3n) is 3.11. The van der Waals surface area contributed by atoms with Crippen LogP contribution >= 0.6 is 15.9 Å².